The number of benzene rings is 2. The third-order valence-corrected chi connectivity index (χ3v) is 4.43. The Bertz CT molecular complexity index is 810. The summed E-state index contributed by atoms with van der Waals surface area (Å²) in [7, 11) is 1.90. The lowest BCUT2D eigenvalue weighted by Crippen LogP contribution is -2.44. The Kier molecular flexibility index (Phi) is 4.09. The van der Waals surface area contributed by atoms with E-state index in [1.165, 1.54) is 4.90 Å². The van der Waals surface area contributed by atoms with Crippen LogP contribution >= 0.6 is 0 Å². The van der Waals surface area contributed by atoms with Crippen LogP contribution in [-0.4, -0.2) is 36.9 Å². The van der Waals surface area contributed by atoms with Crippen molar-refractivity contribution >= 4 is 28.8 Å². The Hall–Kier alpha value is -2.71. The van der Waals surface area contributed by atoms with Crippen molar-refractivity contribution in [2.75, 3.05) is 18.5 Å². The van der Waals surface area contributed by atoms with E-state index >= 15 is 0 Å². The molecule has 0 aliphatic carbocycles. The molecule has 0 N–H and O–H groups in total. The number of nitrogens with zero attached hydrogens (tertiary/aromatic N) is 3. The summed E-state index contributed by atoms with van der Waals surface area (Å²) in [6, 6.07) is 12.5. The van der Waals surface area contributed by atoms with E-state index in [1.807, 2.05) is 36.2 Å². The molecule has 1 fully saturated rings. The third kappa shape index (κ3) is 2.58. The molecule has 1 unspecified atom stereocenters. The number of nitriles is 1. The maximum Gasteiger partial charge on any atom is 0.250 e. The van der Waals surface area contributed by atoms with E-state index in [9.17, 15) is 14.9 Å². The number of amides is 2. The van der Waals surface area contributed by atoms with Crippen LogP contribution in [0.25, 0.3) is 10.8 Å². The predicted octanol–water partition coefficient (Wildman–Crippen LogP) is 2.30. The summed E-state index contributed by atoms with van der Waals surface area (Å²) in [6.07, 6.45) is 2.28. The lowest BCUT2D eigenvalue weighted by Gasteiger charge is -2.25. The van der Waals surface area contributed by atoms with Gasteiger partial charge in [-0.2, -0.15) is 5.26 Å². The van der Waals surface area contributed by atoms with E-state index in [0.717, 1.165) is 30.2 Å². The number of rotatable bonds is 3. The molecule has 0 aromatic heterocycles. The molecule has 116 valence electrons. The van der Waals surface area contributed by atoms with Gasteiger partial charge in [0.2, 0.25) is 6.41 Å². The molecule has 2 amide bonds. The first-order valence-corrected chi connectivity index (χ1v) is 7.58. The van der Waals surface area contributed by atoms with E-state index < -0.39 is 0 Å². The molecule has 2 aromatic carbocycles. The van der Waals surface area contributed by atoms with Gasteiger partial charge in [-0.1, -0.05) is 24.3 Å². The van der Waals surface area contributed by atoms with Crippen LogP contribution in [0.3, 0.4) is 0 Å². The average Bonchev–Trinajstić information content (AvgIpc) is 3.01. The SMILES string of the molecule is CN1CCCC1C(=O)N(C=O)c1ccc(C#N)c2ccccc12. The van der Waals surface area contributed by atoms with Gasteiger partial charge in [0.05, 0.1) is 23.4 Å². The van der Waals surface area contributed by atoms with Crippen LogP contribution in [0.5, 0.6) is 0 Å². The van der Waals surface area contributed by atoms with Gasteiger partial charge in [0.15, 0.2) is 0 Å². The van der Waals surface area contributed by atoms with Crippen molar-refractivity contribution in [2.24, 2.45) is 0 Å². The number of fused-ring (bicyclic) bond motifs is 1. The molecule has 5 nitrogen and oxygen atoms in total. The highest BCUT2D eigenvalue weighted by atomic mass is 16.2. The zero-order valence-electron chi connectivity index (χ0n) is 12.9. The van der Waals surface area contributed by atoms with E-state index in [2.05, 4.69) is 6.07 Å². The van der Waals surface area contributed by atoms with Crippen LogP contribution in [0, 0.1) is 11.3 Å². The number of likely N-dealkylation sites (N-methyl/N-ethyl adjacent to an activating group) is 1. The van der Waals surface area contributed by atoms with E-state index in [0.29, 0.717) is 17.7 Å². The number of carbonyl (C=O) groups is 2. The summed E-state index contributed by atoms with van der Waals surface area (Å²) in [4.78, 5) is 27.6. The van der Waals surface area contributed by atoms with Crippen LogP contribution < -0.4 is 4.90 Å². The monoisotopic (exact) mass is 307 g/mol. The van der Waals surface area contributed by atoms with Crippen LogP contribution in [-0.2, 0) is 9.59 Å². The summed E-state index contributed by atoms with van der Waals surface area (Å²) < 4.78 is 0. The van der Waals surface area contributed by atoms with Gasteiger partial charge in [0, 0.05) is 10.8 Å². The van der Waals surface area contributed by atoms with Crippen LogP contribution in [0.1, 0.15) is 18.4 Å². The molecule has 1 saturated heterocycles. The number of likely N-dealkylation sites (tertiary alicyclic amines) is 1. The molecule has 2 aromatic rings. The highest BCUT2D eigenvalue weighted by molar-refractivity contribution is 6.15. The molecule has 1 atom stereocenters. The molecular weight excluding hydrogens is 290 g/mol. The summed E-state index contributed by atoms with van der Waals surface area (Å²) in [6.45, 7) is 0.858. The van der Waals surface area contributed by atoms with Crippen molar-refractivity contribution in [3.05, 3.63) is 42.0 Å². The smallest absolute Gasteiger partial charge is 0.250 e. The summed E-state index contributed by atoms with van der Waals surface area (Å²) >= 11 is 0. The van der Waals surface area contributed by atoms with Gasteiger partial charge in [-0.25, -0.2) is 0 Å². The first-order valence-electron chi connectivity index (χ1n) is 7.58. The number of imide groups is 1. The number of hydrogen-bond donors (Lipinski definition) is 0. The molecule has 5 heteroatoms. The fourth-order valence-corrected chi connectivity index (χ4v) is 3.20. The predicted molar refractivity (Wildman–Crippen MR) is 87.9 cm³/mol. The zero-order valence-corrected chi connectivity index (χ0v) is 12.9. The molecule has 0 bridgehead atoms. The third-order valence-electron chi connectivity index (χ3n) is 4.43. The Labute approximate surface area is 134 Å². The molecular formula is C18H17N3O2. The molecule has 1 aliphatic rings. The normalized spacial score (nSPS) is 17.8. The minimum Gasteiger partial charge on any atom is -0.295 e. The molecule has 23 heavy (non-hydrogen) atoms. The van der Waals surface area contributed by atoms with Crippen LogP contribution in [0.15, 0.2) is 36.4 Å². The van der Waals surface area contributed by atoms with Crippen LogP contribution in [0.2, 0.25) is 0 Å². The Morgan fingerprint density at radius 2 is 2.04 bits per heavy atom. The molecule has 0 spiro atoms. The van der Waals surface area contributed by atoms with Crippen molar-refractivity contribution in [1.29, 1.82) is 5.26 Å². The Morgan fingerprint density at radius 3 is 2.65 bits per heavy atom. The van der Waals surface area contributed by atoms with Gasteiger partial charge in [0.25, 0.3) is 5.91 Å². The van der Waals surface area contributed by atoms with Crippen molar-refractivity contribution in [3.63, 3.8) is 0 Å². The topological polar surface area (TPSA) is 64.4 Å². The largest absolute Gasteiger partial charge is 0.295 e. The highest BCUT2D eigenvalue weighted by Crippen LogP contribution is 2.30. The number of carbonyl (C=O) groups excluding carboxylic acids is 2. The molecule has 1 heterocycles. The second kappa shape index (κ2) is 6.19. The van der Waals surface area contributed by atoms with Gasteiger partial charge in [0.1, 0.15) is 0 Å². The van der Waals surface area contributed by atoms with Crippen molar-refractivity contribution in [1.82, 2.24) is 4.90 Å². The van der Waals surface area contributed by atoms with Gasteiger partial charge >= 0.3 is 0 Å². The fourth-order valence-electron chi connectivity index (χ4n) is 3.20. The summed E-state index contributed by atoms with van der Waals surface area (Å²) in [5, 5.41) is 10.7. The molecule has 0 saturated carbocycles. The zero-order chi connectivity index (χ0) is 16.4. The number of hydrogen-bond acceptors (Lipinski definition) is 4. The lowest BCUT2D eigenvalue weighted by atomic mass is 10.0. The standard InChI is InChI=1S/C18H17N3O2/c1-20-10-4-7-17(20)18(23)21(12-22)16-9-8-13(11-19)14-5-2-3-6-15(14)16/h2-3,5-6,8-9,12,17H,4,7,10H2,1H3. The van der Waals surface area contributed by atoms with Crippen molar-refractivity contribution < 1.29 is 9.59 Å². The second-order valence-corrected chi connectivity index (χ2v) is 5.74. The second-order valence-electron chi connectivity index (χ2n) is 5.74. The molecule has 0 radical (unpaired) electrons. The van der Waals surface area contributed by atoms with Crippen LogP contribution in [0.4, 0.5) is 5.69 Å². The molecule has 3 rings (SSSR count). The number of anilines is 1. The first kappa shape index (κ1) is 15.2. The quantitative estimate of drug-likeness (QED) is 0.816. The van der Waals surface area contributed by atoms with Crippen molar-refractivity contribution in [2.45, 2.75) is 18.9 Å². The minimum atomic E-state index is -0.269. The van der Waals surface area contributed by atoms with E-state index in [1.54, 1.807) is 12.1 Å². The van der Waals surface area contributed by atoms with Gasteiger partial charge < -0.3 is 0 Å². The maximum absolute atomic E-state index is 12.8. The summed E-state index contributed by atoms with van der Waals surface area (Å²) in [5.74, 6) is -0.213. The Balaban J connectivity index is 2.09. The first-order chi connectivity index (χ1) is 11.2. The summed E-state index contributed by atoms with van der Waals surface area (Å²) in [5.41, 5.74) is 1.06. The highest BCUT2D eigenvalue weighted by Gasteiger charge is 2.32. The maximum atomic E-state index is 12.8. The van der Waals surface area contributed by atoms with Gasteiger partial charge in [-0.05, 0) is 38.6 Å². The lowest BCUT2D eigenvalue weighted by molar-refractivity contribution is -0.125. The molecule has 1 aliphatic heterocycles. The Morgan fingerprint density at radius 1 is 1.30 bits per heavy atom. The average molecular weight is 307 g/mol. The van der Waals surface area contributed by atoms with Crippen molar-refractivity contribution in [3.8, 4) is 6.07 Å². The van der Waals surface area contributed by atoms with Gasteiger partial charge in [-0.3, -0.25) is 19.4 Å². The van der Waals surface area contributed by atoms with Gasteiger partial charge in [-0.15, -0.1) is 0 Å². The minimum absolute atomic E-state index is 0.213. The fraction of sp³-hybridized carbons (Fsp3) is 0.278. The van der Waals surface area contributed by atoms with E-state index in [4.69, 9.17) is 0 Å². The van der Waals surface area contributed by atoms with E-state index in [-0.39, 0.29) is 11.9 Å².